The molecule has 0 aliphatic carbocycles. The highest BCUT2D eigenvalue weighted by atomic mass is 79.9. The van der Waals surface area contributed by atoms with Gasteiger partial charge in [-0.15, -0.1) is 0 Å². The van der Waals surface area contributed by atoms with Crippen LogP contribution in [0, 0.1) is 0 Å². The van der Waals surface area contributed by atoms with E-state index in [4.69, 9.17) is 0 Å². The van der Waals surface area contributed by atoms with Gasteiger partial charge in [-0.25, -0.2) is 9.67 Å². The Balaban J connectivity index is 2.13. The summed E-state index contributed by atoms with van der Waals surface area (Å²) >= 11 is 3.54. The summed E-state index contributed by atoms with van der Waals surface area (Å²) in [5.41, 5.74) is 1.20. The van der Waals surface area contributed by atoms with E-state index in [0.29, 0.717) is 0 Å². The van der Waals surface area contributed by atoms with Gasteiger partial charge in [0.05, 0.1) is 13.1 Å². The third-order valence-electron chi connectivity index (χ3n) is 2.51. The second-order valence-electron chi connectivity index (χ2n) is 3.71. The highest BCUT2D eigenvalue weighted by Crippen LogP contribution is 2.16. The van der Waals surface area contributed by atoms with Gasteiger partial charge in [0.2, 0.25) is 0 Å². The molecule has 1 N–H and O–H groups in total. The first-order valence-corrected chi connectivity index (χ1v) is 6.41. The lowest BCUT2D eigenvalue weighted by molar-refractivity contribution is 0.595. The van der Waals surface area contributed by atoms with Crippen molar-refractivity contribution in [3.8, 4) is 0 Å². The van der Waals surface area contributed by atoms with Crippen LogP contribution in [0.15, 0.2) is 35.1 Å². The summed E-state index contributed by atoms with van der Waals surface area (Å²) < 4.78 is 3.02. The topological polar surface area (TPSA) is 42.7 Å². The highest BCUT2D eigenvalue weighted by Gasteiger charge is 2.06. The zero-order chi connectivity index (χ0) is 12.1. The summed E-state index contributed by atoms with van der Waals surface area (Å²) in [6.07, 6.45) is 1.60. The van der Waals surface area contributed by atoms with Gasteiger partial charge in [0.15, 0.2) is 0 Å². The van der Waals surface area contributed by atoms with E-state index >= 15 is 0 Å². The number of nitrogens with one attached hydrogen (secondary N) is 1. The number of hydrogen-bond donors (Lipinski definition) is 1. The third-order valence-corrected chi connectivity index (χ3v) is 3.28. The first-order chi connectivity index (χ1) is 8.31. The molecule has 0 saturated carbocycles. The second kappa shape index (κ2) is 5.93. The molecular weight excluding hydrogens is 280 g/mol. The molecule has 0 radical (unpaired) electrons. The highest BCUT2D eigenvalue weighted by molar-refractivity contribution is 9.10. The van der Waals surface area contributed by atoms with Gasteiger partial charge in [-0.2, -0.15) is 5.10 Å². The van der Waals surface area contributed by atoms with Crippen LogP contribution in [0.1, 0.15) is 18.3 Å². The van der Waals surface area contributed by atoms with Crippen LogP contribution in [0.5, 0.6) is 0 Å². The molecule has 4 nitrogen and oxygen atoms in total. The van der Waals surface area contributed by atoms with Gasteiger partial charge < -0.3 is 5.32 Å². The minimum Gasteiger partial charge on any atom is -0.310 e. The normalized spacial score (nSPS) is 10.7. The Morgan fingerprint density at radius 1 is 1.35 bits per heavy atom. The van der Waals surface area contributed by atoms with Crippen molar-refractivity contribution in [2.45, 2.75) is 20.0 Å². The van der Waals surface area contributed by atoms with Crippen LogP contribution >= 0.6 is 15.9 Å². The summed E-state index contributed by atoms with van der Waals surface area (Å²) in [6, 6.07) is 8.16. The average molecular weight is 295 g/mol. The molecule has 0 aliphatic heterocycles. The minimum atomic E-state index is 0.738. The van der Waals surface area contributed by atoms with E-state index in [1.807, 2.05) is 22.9 Å². The fourth-order valence-electron chi connectivity index (χ4n) is 1.58. The fourth-order valence-corrected chi connectivity index (χ4v) is 1.99. The van der Waals surface area contributed by atoms with Crippen molar-refractivity contribution in [2.75, 3.05) is 6.54 Å². The molecule has 0 spiro atoms. The van der Waals surface area contributed by atoms with E-state index in [1.54, 1.807) is 6.33 Å². The molecule has 1 heterocycles. The molecule has 90 valence electrons. The molecule has 1 aromatic heterocycles. The molecule has 0 aliphatic rings. The van der Waals surface area contributed by atoms with Crippen molar-refractivity contribution in [1.82, 2.24) is 20.1 Å². The van der Waals surface area contributed by atoms with Gasteiger partial charge >= 0.3 is 0 Å². The van der Waals surface area contributed by atoms with E-state index in [1.165, 1.54) is 5.56 Å². The Morgan fingerprint density at radius 2 is 2.18 bits per heavy atom. The molecule has 2 aromatic rings. The van der Waals surface area contributed by atoms with Crippen LogP contribution in [0.4, 0.5) is 0 Å². The molecule has 2 rings (SSSR count). The molecule has 0 atom stereocenters. The molecule has 0 bridgehead atoms. The first kappa shape index (κ1) is 12.3. The van der Waals surface area contributed by atoms with Crippen molar-refractivity contribution in [3.63, 3.8) is 0 Å². The lowest BCUT2D eigenvalue weighted by atomic mass is 10.2. The summed E-state index contributed by atoms with van der Waals surface area (Å²) in [5.74, 6) is 0.961. The predicted octanol–water partition coefficient (Wildman–Crippen LogP) is 2.20. The summed E-state index contributed by atoms with van der Waals surface area (Å²) in [4.78, 5) is 4.25. The van der Waals surface area contributed by atoms with Gasteiger partial charge in [-0.1, -0.05) is 41.1 Å². The maximum Gasteiger partial charge on any atom is 0.141 e. The average Bonchev–Trinajstić information content (AvgIpc) is 2.77. The molecule has 0 fully saturated rings. The SMILES string of the molecule is CCNCc1ncnn1Cc1ccccc1Br. The van der Waals surface area contributed by atoms with Gasteiger partial charge in [0.1, 0.15) is 12.2 Å². The number of halogens is 1. The summed E-state index contributed by atoms with van der Waals surface area (Å²) in [6.45, 7) is 4.50. The van der Waals surface area contributed by atoms with Gasteiger partial charge in [-0.3, -0.25) is 0 Å². The van der Waals surface area contributed by atoms with Crippen molar-refractivity contribution in [1.29, 1.82) is 0 Å². The van der Waals surface area contributed by atoms with Gasteiger partial charge in [0.25, 0.3) is 0 Å². The summed E-state index contributed by atoms with van der Waals surface area (Å²) in [7, 11) is 0. The number of nitrogens with zero attached hydrogens (tertiary/aromatic N) is 3. The smallest absolute Gasteiger partial charge is 0.141 e. The Morgan fingerprint density at radius 3 is 2.94 bits per heavy atom. The monoisotopic (exact) mass is 294 g/mol. The molecule has 5 heteroatoms. The summed E-state index contributed by atoms with van der Waals surface area (Å²) in [5, 5.41) is 7.51. The van der Waals surface area contributed by atoms with Gasteiger partial charge in [0, 0.05) is 4.47 Å². The van der Waals surface area contributed by atoms with Crippen LogP contribution in [-0.4, -0.2) is 21.3 Å². The van der Waals surface area contributed by atoms with Crippen LogP contribution in [0.2, 0.25) is 0 Å². The molecule has 17 heavy (non-hydrogen) atoms. The Labute approximate surface area is 109 Å². The second-order valence-corrected chi connectivity index (χ2v) is 4.56. The standard InChI is InChI=1S/C12H15BrN4/c1-2-14-7-12-15-9-16-17(12)8-10-5-3-4-6-11(10)13/h3-6,9,14H,2,7-8H2,1H3. The predicted molar refractivity (Wildman–Crippen MR) is 70.6 cm³/mol. The van der Waals surface area contributed by atoms with E-state index < -0.39 is 0 Å². The zero-order valence-electron chi connectivity index (χ0n) is 9.73. The Hall–Kier alpha value is -1.20. The third kappa shape index (κ3) is 3.14. The fraction of sp³-hybridized carbons (Fsp3) is 0.333. The first-order valence-electron chi connectivity index (χ1n) is 5.62. The molecule has 0 amide bonds. The van der Waals surface area contributed by atoms with Crippen molar-refractivity contribution >= 4 is 15.9 Å². The van der Waals surface area contributed by atoms with E-state index in [0.717, 1.165) is 29.9 Å². The number of benzene rings is 1. The molecule has 0 saturated heterocycles. The number of hydrogen-bond acceptors (Lipinski definition) is 3. The molecule has 1 aromatic carbocycles. The number of rotatable bonds is 5. The van der Waals surface area contributed by atoms with E-state index in [2.05, 4.69) is 44.3 Å². The van der Waals surface area contributed by atoms with Gasteiger partial charge in [-0.05, 0) is 18.2 Å². The van der Waals surface area contributed by atoms with Crippen LogP contribution in [0.3, 0.4) is 0 Å². The Kier molecular flexibility index (Phi) is 4.28. The maximum atomic E-state index is 4.25. The maximum absolute atomic E-state index is 4.25. The largest absolute Gasteiger partial charge is 0.310 e. The van der Waals surface area contributed by atoms with Crippen molar-refractivity contribution in [3.05, 3.63) is 46.5 Å². The molecule has 0 unspecified atom stereocenters. The lowest BCUT2D eigenvalue weighted by Crippen LogP contribution is -2.17. The van der Waals surface area contributed by atoms with Crippen LogP contribution in [0.25, 0.3) is 0 Å². The quantitative estimate of drug-likeness (QED) is 0.919. The van der Waals surface area contributed by atoms with Crippen LogP contribution in [-0.2, 0) is 13.1 Å². The number of aromatic nitrogens is 3. The minimum absolute atomic E-state index is 0.738. The van der Waals surface area contributed by atoms with Crippen molar-refractivity contribution < 1.29 is 0 Å². The van der Waals surface area contributed by atoms with E-state index in [-0.39, 0.29) is 0 Å². The van der Waals surface area contributed by atoms with Crippen molar-refractivity contribution in [2.24, 2.45) is 0 Å². The zero-order valence-corrected chi connectivity index (χ0v) is 11.3. The van der Waals surface area contributed by atoms with Crippen LogP contribution < -0.4 is 5.32 Å². The Bertz CT molecular complexity index is 481. The van der Waals surface area contributed by atoms with E-state index in [9.17, 15) is 0 Å². The molecular formula is C12H15BrN4. The lowest BCUT2D eigenvalue weighted by Gasteiger charge is -2.07.